The maximum Gasteiger partial charge on any atom is 0.310 e. The highest BCUT2D eigenvalue weighted by atomic mass is 16.6. The van der Waals surface area contributed by atoms with Gasteiger partial charge >= 0.3 is 11.7 Å². The molecule has 0 aliphatic rings. The van der Waals surface area contributed by atoms with Gasteiger partial charge in [0.15, 0.2) is 5.75 Å². The Bertz CT molecular complexity index is 877. The van der Waals surface area contributed by atoms with E-state index in [1.54, 1.807) is 26.0 Å². The number of aryl methyl sites for hydroxylation is 1. The van der Waals surface area contributed by atoms with E-state index in [1.807, 2.05) is 19.1 Å². The van der Waals surface area contributed by atoms with Crippen LogP contribution in [0.4, 0.5) is 5.69 Å². The molecule has 2 aromatic carbocycles. The van der Waals surface area contributed by atoms with E-state index in [4.69, 9.17) is 4.74 Å². The van der Waals surface area contributed by atoms with E-state index in [9.17, 15) is 24.8 Å². The fourth-order valence-corrected chi connectivity index (χ4v) is 2.59. The minimum absolute atomic E-state index is 0.0393. The number of aromatic hydroxyl groups is 1. The molecule has 0 bridgehead atoms. The van der Waals surface area contributed by atoms with E-state index in [1.165, 1.54) is 6.07 Å². The van der Waals surface area contributed by atoms with Gasteiger partial charge in [0.2, 0.25) is 0 Å². The Balaban J connectivity index is 2.24. The highest BCUT2D eigenvalue weighted by Crippen LogP contribution is 2.27. The van der Waals surface area contributed by atoms with Crippen molar-refractivity contribution >= 4 is 17.6 Å². The maximum absolute atomic E-state index is 12.6. The zero-order chi connectivity index (χ0) is 20.8. The van der Waals surface area contributed by atoms with Crippen molar-refractivity contribution in [3.05, 3.63) is 69.3 Å². The van der Waals surface area contributed by atoms with E-state index in [0.29, 0.717) is 5.56 Å². The lowest BCUT2D eigenvalue weighted by molar-refractivity contribution is -0.385. The van der Waals surface area contributed by atoms with Crippen LogP contribution >= 0.6 is 0 Å². The largest absolute Gasteiger partial charge is 0.502 e. The summed E-state index contributed by atoms with van der Waals surface area (Å²) in [6.07, 6.45) is -0.361. The average molecular weight is 386 g/mol. The highest BCUT2D eigenvalue weighted by molar-refractivity contribution is 5.95. The summed E-state index contributed by atoms with van der Waals surface area (Å²) >= 11 is 0. The minimum atomic E-state index is -0.742. The van der Waals surface area contributed by atoms with Gasteiger partial charge in [-0.25, -0.2) is 0 Å². The first-order chi connectivity index (χ1) is 13.2. The number of hydrogen-bond acceptors (Lipinski definition) is 6. The smallest absolute Gasteiger partial charge is 0.310 e. The van der Waals surface area contributed by atoms with E-state index in [0.717, 1.165) is 17.7 Å². The fraction of sp³-hybridized carbons (Fsp3) is 0.300. The lowest BCUT2D eigenvalue weighted by Crippen LogP contribution is -2.31. The van der Waals surface area contributed by atoms with Crippen LogP contribution in [0.15, 0.2) is 42.5 Å². The summed E-state index contributed by atoms with van der Waals surface area (Å²) in [6.45, 7) is 5.39. The molecule has 2 rings (SSSR count). The predicted octanol–water partition coefficient (Wildman–Crippen LogP) is 3.42. The van der Waals surface area contributed by atoms with Crippen LogP contribution in [0.5, 0.6) is 5.75 Å². The third-order valence-corrected chi connectivity index (χ3v) is 3.96. The Hall–Kier alpha value is -3.42. The molecule has 0 saturated carbocycles. The first-order valence-corrected chi connectivity index (χ1v) is 8.71. The second kappa shape index (κ2) is 8.98. The molecule has 2 aromatic rings. The standard InChI is InChI=1S/C20H22N2O6/c1-12(2)28-19(24)11-16(14-6-4-13(3)5-7-14)21-20(25)15-8-9-17(22(26)27)18(23)10-15/h4-10,12,16,23H,11H2,1-3H3,(H,21,25). The lowest BCUT2D eigenvalue weighted by Gasteiger charge is -2.20. The topological polar surface area (TPSA) is 119 Å². The predicted molar refractivity (Wildman–Crippen MR) is 102 cm³/mol. The number of esters is 1. The molecule has 1 amide bonds. The van der Waals surface area contributed by atoms with Crippen LogP contribution in [-0.4, -0.2) is 28.0 Å². The summed E-state index contributed by atoms with van der Waals surface area (Å²) in [5, 5.41) is 23.3. The van der Waals surface area contributed by atoms with Gasteiger partial charge in [-0.05, 0) is 38.5 Å². The van der Waals surface area contributed by atoms with Gasteiger partial charge in [0.25, 0.3) is 5.91 Å². The summed E-state index contributed by atoms with van der Waals surface area (Å²) in [5.41, 5.74) is 1.29. The monoisotopic (exact) mass is 386 g/mol. The third kappa shape index (κ3) is 5.54. The van der Waals surface area contributed by atoms with Crippen LogP contribution in [0.2, 0.25) is 0 Å². The second-order valence-electron chi connectivity index (χ2n) is 6.64. The highest BCUT2D eigenvalue weighted by Gasteiger charge is 2.22. The van der Waals surface area contributed by atoms with Crippen molar-refractivity contribution in [1.29, 1.82) is 0 Å². The van der Waals surface area contributed by atoms with Crippen molar-refractivity contribution in [3.8, 4) is 5.75 Å². The number of ether oxygens (including phenoxy) is 1. The molecule has 0 aliphatic carbocycles. The molecule has 8 heteroatoms. The van der Waals surface area contributed by atoms with E-state index >= 15 is 0 Å². The molecule has 2 N–H and O–H groups in total. The van der Waals surface area contributed by atoms with Gasteiger partial charge in [-0.15, -0.1) is 0 Å². The lowest BCUT2D eigenvalue weighted by atomic mass is 10.0. The summed E-state index contributed by atoms with van der Waals surface area (Å²) in [4.78, 5) is 34.7. The van der Waals surface area contributed by atoms with Crippen LogP contribution in [0, 0.1) is 17.0 Å². The number of benzene rings is 2. The number of nitro groups is 1. The van der Waals surface area contributed by atoms with Gasteiger partial charge < -0.3 is 15.2 Å². The number of nitrogens with one attached hydrogen (secondary N) is 1. The molecule has 1 unspecified atom stereocenters. The first kappa shape index (κ1) is 20.9. The number of rotatable bonds is 7. The summed E-state index contributed by atoms with van der Waals surface area (Å²) in [6, 6.07) is 9.99. The maximum atomic E-state index is 12.6. The Morgan fingerprint density at radius 2 is 1.82 bits per heavy atom. The molecule has 1 atom stereocenters. The van der Waals surface area contributed by atoms with Crippen LogP contribution in [0.1, 0.15) is 47.8 Å². The van der Waals surface area contributed by atoms with Crippen molar-refractivity contribution in [2.75, 3.05) is 0 Å². The normalized spacial score (nSPS) is 11.7. The van der Waals surface area contributed by atoms with Crippen LogP contribution in [0.3, 0.4) is 0 Å². The van der Waals surface area contributed by atoms with Crippen LogP contribution < -0.4 is 5.32 Å². The van der Waals surface area contributed by atoms with Gasteiger partial charge in [0.1, 0.15) is 0 Å². The second-order valence-corrected chi connectivity index (χ2v) is 6.64. The van der Waals surface area contributed by atoms with Gasteiger partial charge in [-0.2, -0.15) is 0 Å². The molecule has 0 fully saturated rings. The van der Waals surface area contributed by atoms with Gasteiger partial charge in [-0.3, -0.25) is 19.7 Å². The molecule has 0 aliphatic heterocycles. The number of carbonyl (C=O) groups is 2. The fourth-order valence-electron chi connectivity index (χ4n) is 2.59. The van der Waals surface area contributed by atoms with Crippen molar-refractivity contribution < 1.29 is 24.4 Å². The van der Waals surface area contributed by atoms with E-state index < -0.39 is 34.3 Å². The summed E-state index contributed by atoms with van der Waals surface area (Å²) in [7, 11) is 0. The Morgan fingerprint density at radius 3 is 2.36 bits per heavy atom. The zero-order valence-corrected chi connectivity index (χ0v) is 15.8. The van der Waals surface area contributed by atoms with Crippen molar-refractivity contribution in [1.82, 2.24) is 5.32 Å². The number of amides is 1. The number of carbonyl (C=O) groups excluding carboxylic acids is 2. The van der Waals surface area contributed by atoms with E-state index in [2.05, 4.69) is 5.32 Å². The molecule has 0 spiro atoms. The number of nitrogens with zero attached hydrogens (tertiary/aromatic N) is 1. The Kier molecular flexibility index (Phi) is 6.70. The third-order valence-electron chi connectivity index (χ3n) is 3.96. The number of hydrogen-bond donors (Lipinski definition) is 2. The molecule has 0 radical (unpaired) electrons. The molecule has 0 aromatic heterocycles. The number of phenolic OH excluding ortho intramolecular Hbond substituents is 1. The van der Waals surface area contributed by atoms with Crippen molar-refractivity contribution in [3.63, 3.8) is 0 Å². The molecule has 0 saturated heterocycles. The number of nitro benzene ring substituents is 1. The summed E-state index contributed by atoms with van der Waals surface area (Å²) < 4.78 is 5.17. The van der Waals surface area contributed by atoms with Crippen LogP contribution in [-0.2, 0) is 9.53 Å². The Morgan fingerprint density at radius 1 is 1.18 bits per heavy atom. The van der Waals surface area contributed by atoms with Crippen molar-refractivity contribution in [2.24, 2.45) is 0 Å². The van der Waals surface area contributed by atoms with E-state index in [-0.39, 0.29) is 18.1 Å². The van der Waals surface area contributed by atoms with Crippen LogP contribution in [0.25, 0.3) is 0 Å². The molecule has 28 heavy (non-hydrogen) atoms. The quantitative estimate of drug-likeness (QED) is 0.427. The van der Waals surface area contributed by atoms with Crippen molar-refractivity contribution in [2.45, 2.75) is 39.3 Å². The Labute approximate surface area is 162 Å². The SMILES string of the molecule is Cc1ccc(C(CC(=O)OC(C)C)NC(=O)c2ccc([N+](=O)[O-])c(O)c2)cc1. The van der Waals surface area contributed by atoms with Gasteiger partial charge in [0, 0.05) is 11.6 Å². The molecular formula is C20H22N2O6. The van der Waals surface area contributed by atoms with Gasteiger partial charge in [-0.1, -0.05) is 29.8 Å². The first-order valence-electron chi connectivity index (χ1n) is 8.71. The molecular weight excluding hydrogens is 364 g/mol. The molecule has 148 valence electrons. The average Bonchev–Trinajstić information content (AvgIpc) is 2.60. The number of phenols is 1. The molecule has 8 nitrogen and oxygen atoms in total. The minimum Gasteiger partial charge on any atom is -0.502 e. The van der Waals surface area contributed by atoms with Gasteiger partial charge in [0.05, 0.1) is 23.5 Å². The zero-order valence-electron chi connectivity index (χ0n) is 15.8. The summed E-state index contributed by atoms with van der Waals surface area (Å²) in [5.74, 6) is -1.65. The molecule has 0 heterocycles.